The number of Topliss-reactive ketones (excluding diaryl/α,β-unsaturated/α-hetero) is 1. The number of phenols is 1. The number of carbonyl (C=O) groups is 2. The van der Waals surface area contributed by atoms with Crippen molar-refractivity contribution >= 4 is 39.7 Å². The lowest BCUT2D eigenvalue weighted by Gasteiger charge is -2.26. The van der Waals surface area contributed by atoms with Crippen LogP contribution in [0.3, 0.4) is 0 Å². The second kappa shape index (κ2) is 8.61. The molecule has 1 aromatic heterocycles. The molecule has 7 heteroatoms. The largest absolute Gasteiger partial charge is 0.508 e. The number of anilines is 2. The number of rotatable bonds is 4. The molecular formula is C29H25N3O4. The quantitative estimate of drug-likeness (QED) is 0.215. The maximum absolute atomic E-state index is 13.4. The normalized spacial score (nSPS) is 19.5. The highest BCUT2D eigenvalue weighted by molar-refractivity contribution is 6.51. The van der Waals surface area contributed by atoms with Crippen LogP contribution in [0.1, 0.15) is 30.0 Å². The number of carbonyl (C=O) groups excluding carboxylic acids is 2. The van der Waals surface area contributed by atoms with Gasteiger partial charge in [-0.05, 0) is 60.9 Å². The zero-order valence-corrected chi connectivity index (χ0v) is 19.5. The molecule has 1 amide bonds. The SMILES string of the molecule is O=C1C(=O)N(c2ccc(N3CCCC3)cc2)C(c2ccc(O)cc2)/C1=C(/O)c1c[nH]c2ccccc12. The summed E-state index contributed by atoms with van der Waals surface area (Å²) in [6.45, 7) is 2.00. The third kappa shape index (κ3) is 3.51. The highest BCUT2D eigenvalue weighted by atomic mass is 16.3. The minimum atomic E-state index is -0.850. The van der Waals surface area contributed by atoms with Crippen molar-refractivity contribution in [2.75, 3.05) is 22.9 Å². The molecule has 0 bridgehead atoms. The lowest BCUT2D eigenvalue weighted by molar-refractivity contribution is -0.132. The molecule has 6 rings (SSSR count). The van der Waals surface area contributed by atoms with Crippen molar-refractivity contribution in [3.63, 3.8) is 0 Å². The van der Waals surface area contributed by atoms with Gasteiger partial charge < -0.3 is 20.1 Å². The van der Waals surface area contributed by atoms with Crippen molar-refractivity contribution in [2.45, 2.75) is 18.9 Å². The zero-order valence-electron chi connectivity index (χ0n) is 19.5. The topological polar surface area (TPSA) is 96.9 Å². The minimum absolute atomic E-state index is 0.0130. The first-order chi connectivity index (χ1) is 17.5. The van der Waals surface area contributed by atoms with E-state index in [0.717, 1.165) is 42.5 Å². The van der Waals surface area contributed by atoms with Gasteiger partial charge in [0.2, 0.25) is 0 Å². The Balaban J connectivity index is 1.50. The molecule has 180 valence electrons. The van der Waals surface area contributed by atoms with E-state index in [0.29, 0.717) is 16.8 Å². The Morgan fingerprint density at radius 1 is 0.861 bits per heavy atom. The van der Waals surface area contributed by atoms with E-state index < -0.39 is 17.7 Å². The van der Waals surface area contributed by atoms with Crippen LogP contribution in [0, 0.1) is 0 Å². The smallest absolute Gasteiger partial charge is 0.300 e. The molecular weight excluding hydrogens is 454 g/mol. The first kappa shape index (κ1) is 22.0. The Hall–Kier alpha value is -4.52. The van der Waals surface area contributed by atoms with Crippen LogP contribution in [0.2, 0.25) is 0 Å². The van der Waals surface area contributed by atoms with Gasteiger partial charge in [-0.1, -0.05) is 30.3 Å². The highest BCUT2D eigenvalue weighted by Gasteiger charge is 2.47. The number of aromatic amines is 1. The molecule has 0 radical (unpaired) electrons. The van der Waals surface area contributed by atoms with Gasteiger partial charge in [0.1, 0.15) is 11.5 Å². The number of nitrogens with one attached hydrogen (secondary N) is 1. The molecule has 1 unspecified atom stereocenters. The number of aromatic hydroxyl groups is 1. The molecule has 3 heterocycles. The maximum Gasteiger partial charge on any atom is 0.300 e. The second-order valence-corrected chi connectivity index (χ2v) is 9.22. The molecule has 0 saturated carbocycles. The standard InChI is InChI=1S/C29H25N3O4/c33-21-13-7-18(8-14-21)26-25(27(34)23-17-30-24-6-2-1-5-22(23)24)28(35)29(36)32(26)20-11-9-19(10-12-20)31-15-3-4-16-31/h1-2,5-14,17,26,30,33-34H,3-4,15-16H2/b27-25-. The Bertz CT molecular complexity index is 1500. The fourth-order valence-corrected chi connectivity index (χ4v) is 5.28. The predicted molar refractivity (Wildman–Crippen MR) is 139 cm³/mol. The number of aromatic nitrogens is 1. The number of aliphatic hydroxyl groups excluding tert-OH is 1. The number of hydrogen-bond acceptors (Lipinski definition) is 5. The minimum Gasteiger partial charge on any atom is -0.508 e. The number of hydrogen-bond donors (Lipinski definition) is 3. The van der Waals surface area contributed by atoms with Crippen molar-refractivity contribution in [1.82, 2.24) is 4.98 Å². The Morgan fingerprint density at radius 2 is 1.53 bits per heavy atom. The molecule has 2 fully saturated rings. The van der Waals surface area contributed by atoms with Crippen LogP contribution in [0.5, 0.6) is 5.75 Å². The van der Waals surface area contributed by atoms with Crippen molar-refractivity contribution in [3.8, 4) is 5.75 Å². The lowest BCUT2D eigenvalue weighted by atomic mass is 9.95. The lowest BCUT2D eigenvalue weighted by Crippen LogP contribution is -2.29. The molecule has 0 aliphatic carbocycles. The van der Waals surface area contributed by atoms with Gasteiger partial charge in [-0.3, -0.25) is 14.5 Å². The number of benzene rings is 3. The van der Waals surface area contributed by atoms with Gasteiger partial charge in [0.15, 0.2) is 0 Å². The van der Waals surface area contributed by atoms with E-state index in [1.165, 1.54) is 17.0 Å². The summed E-state index contributed by atoms with van der Waals surface area (Å²) in [6.07, 6.45) is 3.96. The number of aliphatic hydroxyl groups is 1. The average molecular weight is 480 g/mol. The van der Waals surface area contributed by atoms with Crippen LogP contribution >= 0.6 is 0 Å². The van der Waals surface area contributed by atoms with Gasteiger partial charge in [0, 0.05) is 47.1 Å². The summed E-state index contributed by atoms with van der Waals surface area (Å²) in [4.78, 5) is 33.7. The van der Waals surface area contributed by atoms with Crippen LogP contribution in [-0.4, -0.2) is 40.0 Å². The number of fused-ring (bicyclic) bond motifs is 1. The molecule has 7 nitrogen and oxygen atoms in total. The molecule has 3 aromatic carbocycles. The molecule has 2 aliphatic heterocycles. The first-order valence-electron chi connectivity index (χ1n) is 12.0. The third-order valence-electron chi connectivity index (χ3n) is 7.10. The average Bonchev–Trinajstić information content (AvgIpc) is 3.64. The maximum atomic E-state index is 13.4. The Morgan fingerprint density at radius 3 is 2.25 bits per heavy atom. The number of ketones is 1. The summed E-state index contributed by atoms with van der Waals surface area (Å²) >= 11 is 0. The summed E-state index contributed by atoms with van der Waals surface area (Å²) in [7, 11) is 0. The Kier molecular flexibility index (Phi) is 5.25. The zero-order chi connectivity index (χ0) is 24.8. The van der Waals surface area contributed by atoms with E-state index in [1.807, 2.05) is 48.5 Å². The van der Waals surface area contributed by atoms with Crippen molar-refractivity contribution in [2.24, 2.45) is 0 Å². The van der Waals surface area contributed by atoms with E-state index in [1.54, 1.807) is 18.3 Å². The predicted octanol–water partition coefficient (Wildman–Crippen LogP) is 5.10. The molecule has 2 aliphatic rings. The summed E-state index contributed by atoms with van der Waals surface area (Å²) < 4.78 is 0. The molecule has 4 aromatic rings. The summed E-state index contributed by atoms with van der Waals surface area (Å²) in [5.74, 6) is -1.62. The molecule has 36 heavy (non-hydrogen) atoms. The summed E-state index contributed by atoms with van der Waals surface area (Å²) in [6, 6.07) is 20.6. The van der Waals surface area contributed by atoms with Gasteiger partial charge >= 0.3 is 0 Å². The third-order valence-corrected chi connectivity index (χ3v) is 7.10. The van der Waals surface area contributed by atoms with Crippen LogP contribution in [-0.2, 0) is 9.59 Å². The first-order valence-corrected chi connectivity index (χ1v) is 12.0. The van der Waals surface area contributed by atoms with Gasteiger partial charge in [0.05, 0.1) is 11.6 Å². The van der Waals surface area contributed by atoms with Gasteiger partial charge in [-0.15, -0.1) is 0 Å². The number of para-hydroxylation sites is 1. The van der Waals surface area contributed by atoms with Gasteiger partial charge in [-0.25, -0.2) is 0 Å². The highest BCUT2D eigenvalue weighted by Crippen LogP contribution is 2.43. The van der Waals surface area contributed by atoms with Crippen LogP contribution in [0.15, 0.2) is 84.6 Å². The number of amides is 1. The monoisotopic (exact) mass is 479 g/mol. The van der Waals surface area contributed by atoms with E-state index in [9.17, 15) is 19.8 Å². The van der Waals surface area contributed by atoms with Crippen LogP contribution in [0.25, 0.3) is 16.7 Å². The summed E-state index contributed by atoms with van der Waals surface area (Å²) in [5.41, 5.74) is 3.53. The molecule has 3 N–H and O–H groups in total. The number of H-pyrrole nitrogens is 1. The molecule has 0 spiro atoms. The van der Waals surface area contributed by atoms with E-state index in [4.69, 9.17) is 0 Å². The Labute approximate surface area is 207 Å². The number of phenolic OH excluding ortho intramolecular Hbond substituents is 1. The second-order valence-electron chi connectivity index (χ2n) is 9.22. The van der Waals surface area contributed by atoms with Crippen LogP contribution < -0.4 is 9.80 Å². The van der Waals surface area contributed by atoms with Crippen LogP contribution in [0.4, 0.5) is 11.4 Å². The van der Waals surface area contributed by atoms with Crippen molar-refractivity contribution in [1.29, 1.82) is 0 Å². The fourth-order valence-electron chi connectivity index (χ4n) is 5.28. The number of nitrogens with zero attached hydrogens (tertiary/aromatic N) is 2. The van der Waals surface area contributed by atoms with Crippen molar-refractivity contribution in [3.05, 3.63) is 95.7 Å². The van der Waals surface area contributed by atoms with E-state index in [-0.39, 0.29) is 17.1 Å². The molecule has 2 saturated heterocycles. The van der Waals surface area contributed by atoms with Gasteiger partial charge in [0.25, 0.3) is 11.7 Å². The van der Waals surface area contributed by atoms with E-state index in [2.05, 4.69) is 9.88 Å². The summed E-state index contributed by atoms with van der Waals surface area (Å²) in [5, 5.41) is 22.0. The van der Waals surface area contributed by atoms with E-state index >= 15 is 0 Å². The fraction of sp³-hybridized carbons (Fsp3) is 0.172. The van der Waals surface area contributed by atoms with Gasteiger partial charge in [-0.2, -0.15) is 0 Å². The molecule has 1 atom stereocenters. The van der Waals surface area contributed by atoms with Crippen molar-refractivity contribution < 1.29 is 19.8 Å².